The first kappa shape index (κ1) is 14.6. The Labute approximate surface area is 105 Å². The van der Waals surface area contributed by atoms with Crippen molar-refractivity contribution in [2.24, 2.45) is 0 Å². The Morgan fingerprint density at radius 1 is 1.29 bits per heavy atom. The molecule has 0 aromatic rings. The minimum Gasteiger partial charge on any atom is -0.429 e. The SMILES string of the molecule is C=C(Br)C(=O)OC1O[C@H](CO)[C@@H](O)[C@H](O)[C@H]1O. The maximum absolute atomic E-state index is 11.2. The zero-order valence-electron chi connectivity index (χ0n) is 8.69. The Hall–Kier alpha value is -0.510. The van der Waals surface area contributed by atoms with Crippen LogP contribution in [0.5, 0.6) is 0 Å². The second kappa shape index (κ2) is 5.89. The van der Waals surface area contributed by atoms with Crippen molar-refractivity contribution in [1.29, 1.82) is 0 Å². The van der Waals surface area contributed by atoms with Gasteiger partial charge in [-0.2, -0.15) is 0 Å². The molecule has 1 aliphatic heterocycles. The molecule has 0 aliphatic carbocycles. The fraction of sp³-hybridized carbons (Fsp3) is 0.667. The molecule has 7 nitrogen and oxygen atoms in total. The summed E-state index contributed by atoms with van der Waals surface area (Å²) < 4.78 is 9.52. The number of ether oxygens (including phenoxy) is 2. The molecular weight excluding hydrogens is 300 g/mol. The molecule has 0 amide bonds. The van der Waals surface area contributed by atoms with E-state index in [1.54, 1.807) is 0 Å². The average Bonchev–Trinajstić information content (AvgIpc) is 2.29. The smallest absolute Gasteiger partial charge is 0.347 e. The van der Waals surface area contributed by atoms with E-state index in [9.17, 15) is 20.1 Å². The van der Waals surface area contributed by atoms with Gasteiger partial charge >= 0.3 is 5.97 Å². The first-order valence-electron chi connectivity index (χ1n) is 4.74. The highest BCUT2D eigenvalue weighted by Gasteiger charge is 2.45. The third-order valence-corrected chi connectivity index (χ3v) is 2.62. The number of hydrogen-bond donors (Lipinski definition) is 4. The fourth-order valence-corrected chi connectivity index (χ4v) is 1.43. The van der Waals surface area contributed by atoms with E-state index in [1.807, 2.05) is 0 Å². The number of hydrogen-bond acceptors (Lipinski definition) is 7. The summed E-state index contributed by atoms with van der Waals surface area (Å²) >= 11 is 2.78. The number of carbonyl (C=O) groups excluding carboxylic acids is 1. The van der Waals surface area contributed by atoms with Gasteiger partial charge in [0.25, 0.3) is 0 Å². The van der Waals surface area contributed by atoms with Gasteiger partial charge < -0.3 is 29.9 Å². The summed E-state index contributed by atoms with van der Waals surface area (Å²) in [7, 11) is 0. The van der Waals surface area contributed by atoms with Crippen molar-refractivity contribution in [2.75, 3.05) is 6.61 Å². The van der Waals surface area contributed by atoms with E-state index in [-0.39, 0.29) is 4.48 Å². The molecule has 98 valence electrons. The lowest BCUT2D eigenvalue weighted by Gasteiger charge is -2.39. The van der Waals surface area contributed by atoms with Crippen LogP contribution in [0.25, 0.3) is 0 Å². The van der Waals surface area contributed by atoms with Gasteiger partial charge in [-0.3, -0.25) is 0 Å². The van der Waals surface area contributed by atoms with Gasteiger partial charge in [0, 0.05) is 0 Å². The Balaban J connectivity index is 2.72. The summed E-state index contributed by atoms with van der Waals surface area (Å²) in [4.78, 5) is 11.2. The van der Waals surface area contributed by atoms with Crippen LogP contribution in [0, 0.1) is 0 Å². The molecule has 1 unspecified atom stereocenters. The normalized spacial score (nSPS) is 37.6. The van der Waals surface area contributed by atoms with E-state index in [4.69, 9.17) is 9.84 Å². The van der Waals surface area contributed by atoms with Crippen molar-refractivity contribution < 1.29 is 34.7 Å². The summed E-state index contributed by atoms with van der Waals surface area (Å²) in [6.07, 6.45) is -7.27. The van der Waals surface area contributed by atoms with Gasteiger partial charge in [0.1, 0.15) is 24.4 Å². The van der Waals surface area contributed by atoms with Gasteiger partial charge in [-0.25, -0.2) is 4.79 Å². The highest BCUT2D eigenvalue weighted by Crippen LogP contribution is 2.22. The molecule has 0 aromatic carbocycles. The summed E-state index contributed by atoms with van der Waals surface area (Å²) in [5, 5.41) is 37.3. The van der Waals surface area contributed by atoms with Crippen LogP contribution >= 0.6 is 15.9 Å². The van der Waals surface area contributed by atoms with Crippen molar-refractivity contribution in [3.05, 3.63) is 11.1 Å². The lowest BCUT2D eigenvalue weighted by atomic mass is 9.99. The third kappa shape index (κ3) is 3.24. The zero-order chi connectivity index (χ0) is 13.2. The molecule has 0 saturated carbocycles. The van der Waals surface area contributed by atoms with Gasteiger partial charge in [-0.1, -0.05) is 6.58 Å². The average molecular weight is 313 g/mol. The number of halogens is 1. The van der Waals surface area contributed by atoms with Gasteiger partial charge in [0.05, 0.1) is 11.1 Å². The minimum atomic E-state index is -1.61. The molecule has 0 spiro atoms. The fourth-order valence-electron chi connectivity index (χ4n) is 1.33. The Morgan fingerprint density at radius 2 is 1.88 bits per heavy atom. The van der Waals surface area contributed by atoms with Gasteiger partial charge in [0.2, 0.25) is 6.29 Å². The van der Waals surface area contributed by atoms with Gasteiger partial charge in [-0.15, -0.1) is 0 Å². The van der Waals surface area contributed by atoms with Crippen LogP contribution < -0.4 is 0 Å². The van der Waals surface area contributed by atoms with Crippen LogP contribution in [0.15, 0.2) is 11.1 Å². The molecule has 1 fully saturated rings. The number of carbonyl (C=O) groups is 1. The number of aliphatic hydroxyl groups excluding tert-OH is 4. The second-order valence-corrected chi connectivity index (χ2v) is 4.46. The molecule has 1 saturated heterocycles. The summed E-state index contributed by atoms with van der Waals surface area (Å²) in [6, 6.07) is 0. The molecular formula is C9H13BrO7. The molecule has 1 aliphatic rings. The monoisotopic (exact) mass is 312 g/mol. The van der Waals surface area contributed by atoms with Crippen molar-refractivity contribution in [1.82, 2.24) is 0 Å². The van der Waals surface area contributed by atoms with E-state index in [0.29, 0.717) is 0 Å². The van der Waals surface area contributed by atoms with E-state index >= 15 is 0 Å². The standard InChI is InChI=1S/C9H13BrO7/c1-3(10)8(15)17-9-7(14)6(13)5(12)4(2-11)16-9/h4-7,9,11-14H,1-2H2/t4-,5-,6+,7-,9?/m1/s1. The largest absolute Gasteiger partial charge is 0.429 e. The topological polar surface area (TPSA) is 116 Å². The molecule has 1 rings (SSSR count). The Kier molecular flexibility index (Phi) is 5.04. The van der Waals surface area contributed by atoms with Crippen LogP contribution in [-0.2, 0) is 14.3 Å². The lowest BCUT2D eigenvalue weighted by Crippen LogP contribution is -2.59. The van der Waals surface area contributed by atoms with Crippen molar-refractivity contribution in [3.8, 4) is 0 Å². The number of esters is 1. The highest BCUT2D eigenvalue weighted by molar-refractivity contribution is 9.12. The summed E-state index contributed by atoms with van der Waals surface area (Å²) in [6.45, 7) is 2.67. The number of rotatable bonds is 3. The van der Waals surface area contributed by atoms with Crippen LogP contribution in [0.4, 0.5) is 0 Å². The van der Waals surface area contributed by atoms with Gasteiger partial charge in [0.15, 0.2) is 0 Å². The van der Waals surface area contributed by atoms with Crippen molar-refractivity contribution >= 4 is 21.9 Å². The maximum atomic E-state index is 11.2. The van der Waals surface area contributed by atoms with Crippen LogP contribution in [-0.4, -0.2) is 63.7 Å². The Bertz CT molecular complexity index is 306. The van der Waals surface area contributed by atoms with E-state index < -0.39 is 43.3 Å². The number of aliphatic hydroxyl groups is 4. The first-order chi connectivity index (χ1) is 7.88. The first-order valence-corrected chi connectivity index (χ1v) is 5.53. The predicted octanol–water partition coefficient (Wildman–Crippen LogP) is -1.76. The highest BCUT2D eigenvalue weighted by atomic mass is 79.9. The third-order valence-electron chi connectivity index (χ3n) is 2.29. The molecule has 17 heavy (non-hydrogen) atoms. The van der Waals surface area contributed by atoms with E-state index in [0.717, 1.165) is 0 Å². The molecule has 0 aromatic heterocycles. The summed E-state index contributed by atoms with van der Waals surface area (Å²) in [5.74, 6) is -0.880. The quantitative estimate of drug-likeness (QED) is 0.360. The van der Waals surface area contributed by atoms with Crippen molar-refractivity contribution in [3.63, 3.8) is 0 Å². The molecule has 0 bridgehead atoms. The minimum absolute atomic E-state index is 0.0885. The molecule has 5 atom stereocenters. The van der Waals surface area contributed by atoms with Gasteiger partial charge in [-0.05, 0) is 15.9 Å². The van der Waals surface area contributed by atoms with Crippen LogP contribution in [0.1, 0.15) is 0 Å². The zero-order valence-corrected chi connectivity index (χ0v) is 10.3. The van der Waals surface area contributed by atoms with Crippen LogP contribution in [0.3, 0.4) is 0 Å². The predicted molar refractivity (Wildman–Crippen MR) is 57.9 cm³/mol. The van der Waals surface area contributed by atoms with Crippen molar-refractivity contribution in [2.45, 2.75) is 30.7 Å². The molecule has 1 heterocycles. The van der Waals surface area contributed by atoms with E-state index in [1.165, 1.54) is 0 Å². The second-order valence-electron chi connectivity index (χ2n) is 3.51. The lowest BCUT2D eigenvalue weighted by molar-refractivity contribution is -0.291. The maximum Gasteiger partial charge on any atom is 0.347 e. The summed E-state index contributed by atoms with van der Waals surface area (Å²) in [5.41, 5.74) is 0. The molecule has 4 N–H and O–H groups in total. The molecule has 8 heteroatoms. The van der Waals surface area contributed by atoms with E-state index in [2.05, 4.69) is 27.2 Å². The Morgan fingerprint density at radius 3 is 2.35 bits per heavy atom. The molecule has 0 radical (unpaired) electrons. The van der Waals surface area contributed by atoms with Crippen LogP contribution in [0.2, 0.25) is 0 Å².